The second-order valence-corrected chi connectivity index (χ2v) is 6.02. The Morgan fingerprint density at radius 2 is 2.00 bits per heavy atom. The summed E-state index contributed by atoms with van der Waals surface area (Å²) in [6.45, 7) is 17.8. The monoisotopic (exact) mass is 247 g/mol. The first-order valence-electron chi connectivity index (χ1n) is 7.22. The highest BCUT2D eigenvalue weighted by Gasteiger charge is 2.20. The summed E-state index contributed by atoms with van der Waals surface area (Å²) in [5, 5.41) is 0. The molecule has 1 heteroatoms. The lowest BCUT2D eigenvalue weighted by molar-refractivity contribution is 0.234. The Morgan fingerprint density at radius 3 is 2.50 bits per heavy atom. The fourth-order valence-corrected chi connectivity index (χ4v) is 2.62. The largest absolute Gasteiger partial charge is 0.296 e. The van der Waals surface area contributed by atoms with Crippen molar-refractivity contribution < 1.29 is 0 Å². The van der Waals surface area contributed by atoms with Gasteiger partial charge in [-0.15, -0.1) is 0 Å². The van der Waals surface area contributed by atoms with Gasteiger partial charge in [-0.1, -0.05) is 38.2 Å². The van der Waals surface area contributed by atoms with Crippen LogP contribution in [0.5, 0.6) is 0 Å². The second kappa shape index (κ2) is 6.94. The lowest BCUT2D eigenvalue weighted by Gasteiger charge is -2.33. The summed E-state index contributed by atoms with van der Waals surface area (Å²) < 4.78 is 0. The van der Waals surface area contributed by atoms with Crippen molar-refractivity contribution in [2.75, 3.05) is 13.1 Å². The standard InChI is InChI=1S/C17H29N/c1-7-8-16-12-18(14(4)5)10-9-17(16)15(6)11-13(2)3/h7-8,13-14H,6,9-12H2,1-5H3/b8-7-. The van der Waals surface area contributed by atoms with Crippen LogP contribution in [0.3, 0.4) is 0 Å². The van der Waals surface area contributed by atoms with E-state index in [1.54, 1.807) is 0 Å². The summed E-state index contributed by atoms with van der Waals surface area (Å²) in [6, 6.07) is 0.630. The molecule has 0 aromatic carbocycles. The molecule has 0 aliphatic carbocycles. The Labute approximate surface area is 113 Å². The lowest BCUT2D eigenvalue weighted by Crippen LogP contribution is -2.37. The van der Waals surface area contributed by atoms with Crippen molar-refractivity contribution in [1.29, 1.82) is 0 Å². The van der Waals surface area contributed by atoms with Crippen molar-refractivity contribution in [3.05, 3.63) is 35.5 Å². The molecule has 0 saturated heterocycles. The van der Waals surface area contributed by atoms with E-state index in [1.165, 1.54) is 23.3 Å². The number of rotatable bonds is 5. The Morgan fingerprint density at radius 1 is 1.33 bits per heavy atom. The third-order valence-electron chi connectivity index (χ3n) is 3.59. The smallest absolute Gasteiger partial charge is 0.0239 e. The molecule has 0 fully saturated rings. The first-order chi connectivity index (χ1) is 8.45. The Balaban J connectivity index is 2.90. The zero-order valence-electron chi connectivity index (χ0n) is 12.8. The molecule has 1 aliphatic rings. The zero-order valence-corrected chi connectivity index (χ0v) is 12.8. The summed E-state index contributed by atoms with van der Waals surface area (Å²) in [6.07, 6.45) is 6.71. The Kier molecular flexibility index (Phi) is 5.87. The van der Waals surface area contributed by atoms with E-state index in [1.807, 2.05) is 0 Å². The molecule has 0 amide bonds. The van der Waals surface area contributed by atoms with Crippen molar-refractivity contribution in [2.24, 2.45) is 5.92 Å². The predicted molar refractivity (Wildman–Crippen MR) is 81.8 cm³/mol. The van der Waals surface area contributed by atoms with E-state index in [2.05, 4.69) is 58.2 Å². The van der Waals surface area contributed by atoms with E-state index in [9.17, 15) is 0 Å². The minimum atomic E-state index is 0.630. The molecule has 0 unspecified atom stereocenters. The van der Waals surface area contributed by atoms with Crippen LogP contribution in [0.2, 0.25) is 0 Å². The first-order valence-corrected chi connectivity index (χ1v) is 7.22. The maximum atomic E-state index is 4.31. The highest BCUT2D eigenvalue weighted by molar-refractivity contribution is 5.41. The van der Waals surface area contributed by atoms with Gasteiger partial charge in [0.05, 0.1) is 0 Å². The molecule has 0 spiro atoms. The summed E-state index contributed by atoms with van der Waals surface area (Å²) in [5.74, 6) is 0.694. The molecular weight excluding hydrogens is 218 g/mol. The second-order valence-electron chi connectivity index (χ2n) is 6.02. The molecule has 0 aromatic rings. The number of nitrogens with zero attached hydrogens (tertiary/aromatic N) is 1. The normalized spacial score (nSPS) is 18.4. The van der Waals surface area contributed by atoms with Crippen LogP contribution in [0.4, 0.5) is 0 Å². The third kappa shape index (κ3) is 4.13. The van der Waals surface area contributed by atoms with E-state index in [4.69, 9.17) is 0 Å². The lowest BCUT2D eigenvalue weighted by atomic mass is 9.89. The molecule has 0 radical (unpaired) electrons. The molecule has 1 rings (SSSR count). The molecule has 1 aliphatic heterocycles. The molecule has 0 saturated carbocycles. The van der Waals surface area contributed by atoms with E-state index in [-0.39, 0.29) is 0 Å². The Bertz CT molecular complexity index is 345. The van der Waals surface area contributed by atoms with Crippen LogP contribution in [0.1, 0.15) is 47.5 Å². The van der Waals surface area contributed by atoms with E-state index in [0.717, 1.165) is 19.4 Å². The first kappa shape index (κ1) is 15.2. The van der Waals surface area contributed by atoms with Crippen LogP contribution in [0, 0.1) is 5.92 Å². The van der Waals surface area contributed by atoms with Crippen LogP contribution in [0.15, 0.2) is 35.5 Å². The van der Waals surface area contributed by atoms with Gasteiger partial charge in [-0.2, -0.15) is 0 Å². The molecule has 0 bridgehead atoms. The maximum absolute atomic E-state index is 4.31. The molecule has 0 N–H and O–H groups in total. The van der Waals surface area contributed by atoms with Gasteiger partial charge >= 0.3 is 0 Å². The third-order valence-corrected chi connectivity index (χ3v) is 3.59. The van der Waals surface area contributed by atoms with Crippen molar-refractivity contribution in [3.63, 3.8) is 0 Å². The molecule has 1 heterocycles. The molecule has 18 heavy (non-hydrogen) atoms. The van der Waals surface area contributed by atoms with Crippen LogP contribution >= 0.6 is 0 Å². The van der Waals surface area contributed by atoms with Crippen molar-refractivity contribution in [3.8, 4) is 0 Å². The summed E-state index contributed by atoms with van der Waals surface area (Å²) in [4.78, 5) is 2.54. The van der Waals surface area contributed by atoms with Gasteiger partial charge in [0.1, 0.15) is 0 Å². The van der Waals surface area contributed by atoms with Crippen LogP contribution in [0.25, 0.3) is 0 Å². The highest BCUT2D eigenvalue weighted by Crippen LogP contribution is 2.29. The van der Waals surface area contributed by atoms with Gasteiger partial charge < -0.3 is 0 Å². The highest BCUT2D eigenvalue weighted by atomic mass is 15.1. The van der Waals surface area contributed by atoms with Crippen molar-refractivity contribution in [2.45, 2.75) is 53.5 Å². The van der Waals surface area contributed by atoms with E-state index >= 15 is 0 Å². The molecule has 102 valence electrons. The van der Waals surface area contributed by atoms with Gasteiger partial charge in [0, 0.05) is 19.1 Å². The van der Waals surface area contributed by atoms with E-state index in [0.29, 0.717) is 12.0 Å². The minimum Gasteiger partial charge on any atom is -0.296 e. The quantitative estimate of drug-likeness (QED) is 0.687. The fourth-order valence-electron chi connectivity index (χ4n) is 2.62. The average molecular weight is 247 g/mol. The predicted octanol–water partition coefficient (Wildman–Crippen LogP) is 4.58. The average Bonchev–Trinajstić information content (AvgIpc) is 2.28. The van der Waals surface area contributed by atoms with Gasteiger partial charge in [0.25, 0.3) is 0 Å². The van der Waals surface area contributed by atoms with Crippen molar-refractivity contribution >= 4 is 0 Å². The molecule has 1 nitrogen and oxygen atoms in total. The summed E-state index contributed by atoms with van der Waals surface area (Å²) >= 11 is 0. The van der Waals surface area contributed by atoms with Crippen molar-refractivity contribution in [1.82, 2.24) is 4.90 Å². The fraction of sp³-hybridized carbons (Fsp3) is 0.647. The van der Waals surface area contributed by atoms with Gasteiger partial charge in [-0.25, -0.2) is 0 Å². The number of hydrogen-bond donors (Lipinski definition) is 0. The SMILES string of the molecule is C=C(CC(C)C)C1=C(/C=C\C)CN(C(C)C)CC1. The zero-order chi connectivity index (χ0) is 13.7. The topological polar surface area (TPSA) is 3.24 Å². The van der Waals surface area contributed by atoms with Crippen LogP contribution in [-0.4, -0.2) is 24.0 Å². The maximum Gasteiger partial charge on any atom is 0.0239 e. The van der Waals surface area contributed by atoms with Crippen LogP contribution < -0.4 is 0 Å². The minimum absolute atomic E-state index is 0.630. The number of hydrogen-bond acceptors (Lipinski definition) is 1. The Hall–Kier alpha value is -0.820. The molecule has 0 atom stereocenters. The van der Waals surface area contributed by atoms with Gasteiger partial charge in [-0.05, 0) is 50.7 Å². The number of allylic oxidation sites excluding steroid dienone is 2. The van der Waals surface area contributed by atoms with Gasteiger partial charge in [-0.3, -0.25) is 4.90 Å². The van der Waals surface area contributed by atoms with Crippen LogP contribution in [-0.2, 0) is 0 Å². The van der Waals surface area contributed by atoms with Gasteiger partial charge in [0.15, 0.2) is 0 Å². The summed E-state index contributed by atoms with van der Waals surface area (Å²) in [5.41, 5.74) is 4.34. The molecule has 0 aromatic heterocycles. The van der Waals surface area contributed by atoms with Gasteiger partial charge in [0.2, 0.25) is 0 Å². The summed E-state index contributed by atoms with van der Waals surface area (Å²) in [7, 11) is 0. The molecular formula is C17H29N. The van der Waals surface area contributed by atoms with E-state index < -0.39 is 0 Å².